The predicted octanol–water partition coefficient (Wildman–Crippen LogP) is 2.97. The molecule has 4 nitrogen and oxygen atoms in total. The van der Waals surface area contributed by atoms with Crippen molar-refractivity contribution in [3.8, 4) is 0 Å². The van der Waals surface area contributed by atoms with Crippen LogP contribution in [0.1, 0.15) is 41.8 Å². The lowest BCUT2D eigenvalue weighted by Crippen LogP contribution is -2.41. The molecule has 0 saturated carbocycles. The lowest BCUT2D eigenvalue weighted by atomic mass is 10.2. The van der Waals surface area contributed by atoms with Gasteiger partial charge in [-0.15, -0.1) is 11.3 Å². The second-order valence-electron chi connectivity index (χ2n) is 5.69. The molecule has 1 aromatic heterocycles. The third-order valence-electron chi connectivity index (χ3n) is 3.31. The van der Waals surface area contributed by atoms with Crippen molar-refractivity contribution in [1.29, 1.82) is 0 Å². The van der Waals surface area contributed by atoms with E-state index in [1.54, 1.807) is 17.2 Å². The van der Waals surface area contributed by atoms with E-state index in [0.717, 1.165) is 11.4 Å². The van der Waals surface area contributed by atoms with E-state index in [0.29, 0.717) is 12.2 Å². The van der Waals surface area contributed by atoms with Gasteiger partial charge in [0, 0.05) is 24.4 Å². The van der Waals surface area contributed by atoms with Gasteiger partial charge in [-0.2, -0.15) is 0 Å². The van der Waals surface area contributed by atoms with Crippen LogP contribution in [0.4, 0.5) is 0 Å². The Morgan fingerprint density at radius 2 is 1.95 bits per heavy atom. The molecule has 1 aromatic carbocycles. The molecule has 1 N–H and O–H groups in total. The number of rotatable bonds is 6. The fraction of sp³-hybridized carbons (Fsp3) is 0.412. The highest BCUT2D eigenvalue weighted by Crippen LogP contribution is 2.17. The molecule has 0 radical (unpaired) electrons. The van der Waals surface area contributed by atoms with Crippen molar-refractivity contribution in [2.45, 2.75) is 39.3 Å². The summed E-state index contributed by atoms with van der Waals surface area (Å²) >= 11 is 1.50. The van der Waals surface area contributed by atoms with Crippen LogP contribution in [0, 0.1) is 0 Å². The van der Waals surface area contributed by atoms with Crippen LogP contribution in [0.25, 0.3) is 0 Å². The lowest BCUT2D eigenvalue weighted by Gasteiger charge is -2.27. The van der Waals surface area contributed by atoms with E-state index in [1.165, 1.54) is 16.9 Å². The number of hydrogen-bond acceptors (Lipinski definition) is 4. The smallest absolute Gasteiger partial charge is 0.273 e. The number of carbonyl (C=O) groups excluding carboxylic acids is 1. The summed E-state index contributed by atoms with van der Waals surface area (Å²) in [6.07, 6.45) is 0.186. The van der Waals surface area contributed by atoms with E-state index in [4.69, 9.17) is 0 Å². The average Bonchev–Trinajstić information content (AvgIpc) is 2.93. The lowest BCUT2D eigenvalue weighted by molar-refractivity contribution is 0.0574. The molecule has 5 heteroatoms. The summed E-state index contributed by atoms with van der Waals surface area (Å²) in [5.41, 5.74) is 1.64. The Morgan fingerprint density at radius 3 is 2.55 bits per heavy atom. The number of aliphatic hydroxyl groups is 1. The van der Waals surface area contributed by atoms with E-state index in [2.05, 4.69) is 17.1 Å². The maximum atomic E-state index is 12.5. The number of hydrogen-bond donors (Lipinski definition) is 1. The summed E-state index contributed by atoms with van der Waals surface area (Å²) in [6, 6.07) is 10.1. The number of nitrogens with zero attached hydrogens (tertiary/aromatic N) is 2. The minimum Gasteiger partial charge on any atom is -0.392 e. The van der Waals surface area contributed by atoms with Gasteiger partial charge in [0.15, 0.2) is 0 Å². The largest absolute Gasteiger partial charge is 0.392 e. The van der Waals surface area contributed by atoms with E-state index in [9.17, 15) is 9.90 Å². The first-order chi connectivity index (χ1) is 10.5. The third-order valence-corrected chi connectivity index (χ3v) is 4.16. The molecule has 1 heterocycles. The fourth-order valence-electron chi connectivity index (χ4n) is 2.22. The van der Waals surface area contributed by atoms with Gasteiger partial charge in [0.25, 0.3) is 5.91 Å². The zero-order valence-corrected chi connectivity index (χ0v) is 14.0. The summed E-state index contributed by atoms with van der Waals surface area (Å²) < 4.78 is 0. The minimum absolute atomic E-state index is 0.0290. The number of amides is 1. The molecular weight excluding hydrogens is 296 g/mol. The molecule has 0 aliphatic carbocycles. The number of benzene rings is 1. The highest BCUT2D eigenvalue weighted by molar-refractivity contribution is 7.09. The van der Waals surface area contributed by atoms with E-state index >= 15 is 0 Å². The van der Waals surface area contributed by atoms with Crippen molar-refractivity contribution in [3.63, 3.8) is 0 Å². The molecule has 1 amide bonds. The Balaban J connectivity index is 2.10. The van der Waals surface area contributed by atoms with Crippen LogP contribution in [0.2, 0.25) is 0 Å². The van der Waals surface area contributed by atoms with Crippen LogP contribution in [0.15, 0.2) is 35.7 Å². The first-order valence-corrected chi connectivity index (χ1v) is 8.32. The van der Waals surface area contributed by atoms with Crippen molar-refractivity contribution in [2.75, 3.05) is 6.54 Å². The zero-order valence-electron chi connectivity index (χ0n) is 13.2. The van der Waals surface area contributed by atoms with E-state index in [1.807, 2.05) is 32.0 Å². The minimum atomic E-state index is -0.547. The zero-order chi connectivity index (χ0) is 16.1. The van der Waals surface area contributed by atoms with E-state index in [-0.39, 0.29) is 11.9 Å². The Kier molecular flexibility index (Phi) is 5.69. The maximum Gasteiger partial charge on any atom is 0.273 e. The molecule has 0 fully saturated rings. The third kappa shape index (κ3) is 4.39. The topological polar surface area (TPSA) is 53.4 Å². The van der Waals surface area contributed by atoms with Gasteiger partial charge in [-0.1, -0.05) is 30.3 Å². The van der Waals surface area contributed by atoms with Crippen LogP contribution in [0.3, 0.4) is 0 Å². The Labute approximate surface area is 135 Å². The molecule has 0 saturated heterocycles. The number of aromatic nitrogens is 1. The van der Waals surface area contributed by atoms with Crippen molar-refractivity contribution in [2.24, 2.45) is 0 Å². The van der Waals surface area contributed by atoms with Gasteiger partial charge < -0.3 is 10.0 Å². The van der Waals surface area contributed by atoms with Gasteiger partial charge in [0.1, 0.15) is 5.69 Å². The molecule has 0 aliphatic heterocycles. The second-order valence-corrected chi connectivity index (χ2v) is 6.63. The molecule has 22 heavy (non-hydrogen) atoms. The molecule has 1 atom stereocenters. The number of carbonyl (C=O) groups is 1. The number of aliphatic hydroxyl groups excluding tert-OH is 1. The summed E-state index contributed by atoms with van der Waals surface area (Å²) in [6.45, 7) is 5.89. The van der Waals surface area contributed by atoms with Crippen LogP contribution in [-0.4, -0.2) is 39.6 Å². The standard InChI is InChI=1S/C17H22N2O2S/c1-12(2)19(10-13(3)20)17(21)15-11-22-16(18-15)9-14-7-5-4-6-8-14/h4-8,11-13,20H,9-10H2,1-3H3. The SMILES string of the molecule is CC(O)CN(C(=O)c1csc(Cc2ccccc2)n1)C(C)C. The van der Waals surface area contributed by atoms with Crippen LogP contribution in [-0.2, 0) is 6.42 Å². The summed E-state index contributed by atoms with van der Waals surface area (Å²) in [5, 5.41) is 12.3. The van der Waals surface area contributed by atoms with Crippen LogP contribution >= 0.6 is 11.3 Å². The molecule has 0 spiro atoms. The monoisotopic (exact) mass is 318 g/mol. The molecule has 0 bridgehead atoms. The predicted molar refractivity (Wildman–Crippen MR) is 89.2 cm³/mol. The first-order valence-electron chi connectivity index (χ1n) is 7.44. The maximum absolute atomic E-state index is 12.5. The quantitative estimate of drug-likeness (QED) is 0.891. The fourth-order valence-corrected chi connectivity index (χ4v) is 3.02. The highest BCUT2D eigenvalue weighted by Gasteiger charge is 2.22. The van der Waals surface area contributed by atoms with Crippen molar-refractivity contribution in [1.82, 2.24) is 9.88 Å². The average molecular weight is 318 g/mol. The van der Waals surface area contributed by atoms with E-state index < -0.39 is 6.10 Å². The van der Waals surface area contributed by atoms with Crippen LogP contribution < -0.4 is 0 Å². The van der Waals surface area contributed by atoms with Crippen molar-refractivity contribution >= 4 is 17.2 Å². The summed E-state index contributed by atoms with van der Waals surface area (Å²) in [7, 11) is 0. The first kappa shape index (κ1) is 16.6. The Morgan fingerprint density at radius 1 is 1.27 bits per heavy atom. The molecular formula is C17H22N2O2S. The highest BCUT2D eigenvalue weighted by atomic mass is 32.1. The van der Waals surface area contributed by atoms with Gasteiger partial charge in [-0.05, 0) is 26.3 Å². The molecule has 2 aromatic rings. The van der Waals surface area contributed by atoms with Gasteiger partial charge in [0.05, 0.1) is 11.1 Å². The Hall–Kier alpha value is -1.72. The van der Waals surface area contributed by atoms with Gasteiger partial charge in [-0.25, -0.2) is 4.98 Å². The molecule has 118 valence electrons. The summed E-state index contributed by atoms with van der Waals surface area (Å²) in [4.78, 5) is 18.7. The van der Waals surface area contributed by atoms with Crippen LogP contribution in [0.5, 0.6) is 0 Å². The van der Waals surface area contributed by atoms with Gasteiger partial charge in [0.2, 0.25) is 0 Å². The van der Waals surface area contributed by atoms with Gasteiger partial charge in [-0.3, -0.25) is 4.79 Å². The Bertz CT molecular complexity index is 608. The second kappa shape index (κ2) is 7.51. The number of thiazole rings is 1. The molecule has 1 unspecified atom stereocenters. The molecule has 2 rings (SSSR count). The normalized spacial score (nSPS) is 12.4. The molecule has 0 aliphatic rings. The summed E-state index contributed by atoms with van der Waals surface area (Å²) in [5.74, 6) is -0.119. The van der Waals surface area contributed by atoms with Gasteiger partial charge >= 0.3 is 0 Å². The van der Waals surface area contributed by atoms with Crippen molar-refractivity contribution < 1.29 is 9.90 Å². The van der Waals surface area contributed by atoms with Crippen molar-refractivity contribution in [3.05, 3.63) is 52.0 Å².